The number of benzene rings is 2. The largest absolute Gasteiger partial charge is 0.480 e. The molecule has 2 aromatic carbocycles. The fraction of sp³-hybridized carbons (Fsp3) is 0.478. The van der Waals surface area contributed by atoms with E-state index >= 15 is 4.79 Å². The second kappa shape index (κ2) is 22.2. The minimum Gasteiger partial charge on any atom is -0.480 e. The van der Waals surface area contributed by atoms with Crippen molar-refractivity contribution in [3.05, 3.63) is 71.8 Å². The number of nitrogens with one attached hydrogen (secondary N) is 5. The number of carboxylic acids is 3. The number of thioether (sulfide) groups is 2. The third-order valence-corrected chi connectivity index (χ3v) is 15.8. The Labute approximate surface area is 426 Å². The highest BCUT2D eigenvalue weighted by molar-refractivity contribution is 8.02. The SMILES string of the molecule is CCN1CCN(C(=O)NC(C(=O)N[C@H](C(=O)O)C2SC(C)(C)[C@H](C(=O)O)N2C(=O)[C@@H]2N[C@@H]([C@H](NC(=O)[C@H](NC(=O)N3CCN(CC)C(=O)C3=O)c3ccccc3)C(=O)O)SC2(C)C)c2ccccc2)C(=O)C1=O. The molecule has 0 aromatic heterocycles. The third-order valence-electron chi connectivity index (χ3n) is 12.7. The topological polar surface area (TPSA) is 342 Å². The first-order valence-electron chi connectivity index (χ1n) is 23.0. The van der Waals surface area contributed by atoms with Gasteiger partial charge in [-0.05, 0) is 52.7 Å². The van der Waals surface area contributed by atoms with Gasteiger partial charge in [-0.2, -0.15) is 0 Å². The number of carbonyl (C=O) groups excluding carboxylic acids is 9. The van der Waals surface area contributed by atoms with Crippen LogP contribution < -0.4 is 26.6 Å². The Balaban J connectivity index is 1.26. The number of likely N-dealkylation sites (N-methyl/N-ethyl adjacent to an activating group) is 2. The van der Waals surface area contributed by atoms with Crippen molar-refractivity contribution in [3.63, 3.8) is 0 Å². The Kier molecular flexibility index (Phi) is 16.8. The lowest BCUT2D eigenvalue weighted by molar-refractivity contribution is -0.155. The van der Waals surface area contributed by atoms with E-state index in [9.17, 15) is 68.1 Å². The summed E-state index contributed by atoms with van der Waals surface area (Å²) in [6.07, 6.45) is 0. The molecule has 392 valence electrons. The number of aliphatic carboxylic acids is 3. The van der Waals surface area contributed by atoms with Gasteiger partial charge >= 0.3 is 53.6 Å². The lowest BCUT2D eigenvalue weighted by Crippen LogP contribution is -2.64. The van der Waals surface area contributed by atoms with Gasteiger partial charge in [0, 0.05) is 48.8 Å². The third kappa shape index (κ3) is 11.5. The fourth-order valence-electron chi connectivity index (χ4n) is 8.92. The van der Waals surface area contributed by atoms with Crippen molar-refractivity contribution in [1.29, 1.82) is 0 Å². The molecule has 4 fully saturated rings. The molecular weight excluding hydrogens is 997 g/mol. The van der Waals surface area contributed by atoms with Crippen LogP contribution in [0.15, 0.2) is 60.7 Å². The van der Waals surface area contributed by atoms with Crippen LogP contribution in [0.2, 0.25) is 0 Å². The number of carbonyl (C=O) groups is 12. The number of hydrogen-bond donors (Lipinski definition) is 8. The van der Waals surface area contributed by atoms with Gasteiger partial charge in [0.05, 0.1) is 5.37 Å². The van der Waals surface area contributed by atoms with E-state index in [-0.39, 0.29) is 50.4 Å². The second-order valence-electron chi connectivity index (χ2n) is 18.3. The van der Waals surface area contributed by atoms with E-state index in [1.54, 1.807) is 26.0 Å². The summed E-state index contributed by atoms with van der Waals surface area (Å²) in [4.78, 5) is 166. The molecule has 0 radical (unpaired) electrons. The van der Waals surface area contributed by atoms with Gasteiger partial charge in [-0.15, -0.1) is 23.5 Å². The predicted octanol–water partition coefficient (Wildman–Crippen LogP) is -0.649. The molecule has 0 spiro atoms. The van der Waals surface area contributed by atoms with Crippen LogP contribution in [0.3, 0.4) is 0 Å². The highest BCUT2D eigenvalue weighted by Crippen LogP contribution is 2.48. The van der Waals surface area contributed by atoms with Crippen molar-refractivity contribution >= 4 is 94.8 Å². The van der Waals surface area contributed by atoms with Gasteiger partial charge in [0.15, 0.2) is 12.1 Å². The number of hydrogen-bond acceptors (Lipinski definition) is 15. The summed E-state index contributed by atoms with van der Waals surface area (Å²) in [5.41, 5.74) is 0.284. The quantitative estimate of drug-likeness (QED) is 0.0969. The smallest absolute Gasteiger partial charge is 0.329 e. The minimum atomic E-state index is -2.09. The normalized spacial score (nSPS) is 23.2. The van der Waals surface area contributed by atoms with Gasteiger partial charge in [0.1, 0.15) is 29.5 Å². The molecule has 25 nitrogen and oxygen atoms in total. The average Bonchev–Trinajstić information content (AvgIpc) is 3.82. The van der Waals surface area contributed by atoms with Crippen LogP contribution in [-0.4, -0.2) is 195 Å². The Morgan fingerprint density at radius 2 is 1.03 bits per heavy atom. The number of carboxylic acid groups (broad SMARTS) is 3. The summed E-state index contributed by atoms with van der Waals surface area (Å²) >= 11 is 1.62. The van der Waals surface area contributed by atoms with Gasteiger partial charge in [-0.25, -0.2) is 24.0 Å². The maximum atomic E-state index is 15.1. The van der Waals surface area contributed by atoms with Gasteiger partial charge in [0.25, 0.3) is 0 Å². The molecule has 27 heteroatoms. The lowest BCUT2D eigenvalue weighted by Gasteiger charge is -2.37. The average molecular weight is 1050 g/mol. The molecular formula is C46H56N10O15S2. The molecule has 4 heterocycles. The van der Waals surface area contributed by atoms with Crippen molar-refractivity contribution in [1.82, 2.24) is 51.1 Å². The van der Waals surface area contributed by atoms with Gasteiger partial charge in [0.2, 0.25) is 17.7 Å². The van der Waals surface area contributed by atoms with Crippen LogP contribution in [-0.2, 0) is 47.9 Å². The van der Waals surface area contributed by atoms with E-state index in [4.69, 9.17) is 0 Å². The number of amides is 11. The molecule has 73 heavy (non-hydrogen) atoms. The molecule has 4 aliphatic heterocycles. The maximum absolute atomic E-state index is 15.1. The zero-order valence-corrected chi connectivity index (χ0v) is 42.1. The van der Waals surface area contributed by atoms with E-state index in [0.717, 1.165) is 28.4 Å². The van der Waals surface area contributed by atoms with E-state index in [1.165, 1.54) is 86.0 Å². The lowest BCUT2D eigenvalue weighted by atomic mass is 9.96. The number of imide groups is 2. The maximum Gasteiger partial charge on any atom is 0.329 e. The van der Waals surface area contributed by atoms with Crippen molar-refractivity contribution in [2.24, 2.45) is 0 Å². The van der Waals surface area contributed by atoms with E-state index in [1.807, 2.05) is 0 Å². The standard InChI is InChI=1S/C46H56N10O15S2/c1-7-52-19-21-54(37(62)35(52)60)43(70)49-25(23-15-11-9-12-16-23)31(57)47-27(40(64)65)33-51-29(45(3,4)72-33)34(59)56-30(42(68)69)46(5,6)73-39(56)28(41(66)67)48-32(58)26(24-17-13-10-14-18-24)50-44(71)55-22-20-53(8-2)36(61)38(55)63/h9-18,25-30,33,39,51H,7-8,19-22H2,1-6H3,(H,47,57)(H,48,58)(H,49,70)(H,50,71)(H,64,65)(H,66,67)(H,68,69)/t25-,26?,27+,28+,29+,30+,33-,39?/m1/s1. The van der Waals surface area contributed by atoms with Crippen molar-refractivity contribution in [3.8, 4) is 0 Å². The molecule has 8 N–H and O–H groups in total. The first kappa shape index (κ1) is 55.1. The first-order chi connectivity index (χ1) is 34.3. The summed E-state index contributed by atoms with van der Waals surface area (Å²) in [7, 11) is 0. The summed E-state index contributed by atoms with van der Waals surface area (Å²) in [6, 6.07) is 2.32. The number of piperazine rings is 2. The Hall–Kier alpha value is -7.26. The molecule has 8 atom stereocenters. The monoisotopic (exact) mass is 1050 g/mol. The van der Waals surface area contributed by atoms with Crippen LogP contribution in [0.5, 0.6) is 0 Å². The van der Waals surface area contributed by atoms with E-state index in [0.29, 0.717) is 9.80 Å². The van der Waals surface area contributed by atoms with E-state index in [2.05, 4.69) is 26.6 Å². The zero-order chi connectivity index (χ0) is 53.9. The predicted molar refractivity (Wildman–Crippen MR) is 259 cm³/mol. The Morgan fingerprint density at radius 3 is 1.42 bits per heavy atom. The second-order valence-corrected chi connectivity index (χ2v) is 21.8. The van der Waals surface area contributed by atoms with Crippen molar-refractivity contribution < 1.29 is 72.9 Å². The molecule has 2 aromatic rings. The van der Waals surface area contributed by atoms with Crippen LogP contribution in [0.4, 0.5) is 9.59 Å². The van der Waals surface area contributed by atoms with E-state index < -0.39 is 128 Å². The minimum absolute atomic E-state index is 0.0132. The van der Waals surface area contributed by atoms with Crippen molar-refractivity contribution in [2.45, 2.75) is 98.0 Å². The number of rotatable bonds is 16. The summed E-state index contributed by atoms with van der Waals surface area (Å²) in [6.45, 7) is 9.31. The zero-order valence-electron chi connectivity index (χ0n) is 40.4. The van der Waals surface area contributed by atoms with Crippen LogP contribution >= 0.6 is 23.5 Å². The fourth-order valence-corrected chi connectivity index (χ4v) is 12.0. The van der Waals surface area contributed by atoms with Gasteiger partial charge in [-0.3, -0.25) is 48.7 Å². The Bertz CT molecular complexity index is 2570. The molecule has 0 saturated carbocycles. The summed E-state index contributed by atoms with van der Waals surface area (Å²) in [5.74, 6) is -12.3. The molecule has 2 unspecified atom stereocenters. The van der Waals surface area contributed by atoms with Crippen LogP contribution in [0.1, 0.15) is 64.8 Å². The van der Waals surface area contributed by atoms with Gasteiger partial charge < -0.3 is 51.3 Å². The van der Waals surface area contributed by atoms with Gasteiger partial charge in [-0.1, -0.05) is 60.7 Å². The molecule has 4 saturated heterocycles. The molecule has 0 bridgehead atoms. The first-order valence-corrected chi connectivity index (χ1v) is 24.8. The molecule has 6 rings (SSSR count). The molecule has 4 aliphatic rings. The van der Waals surface area contributed by atoms with Crippen molar-refractivity contribution in [2.75, 3.05) is 39.3 Å². The Morgan fingerprint density at radius 1 is 0.603 bits per heavy atom. The number of nitrogens with zero attached hydrogens (tertiary/aromatic N) is 5. The summed E-state index contributed by atoms with van der Waals surface area (Å²) in [5, 5.41) is 41.5. The highest BCUT2D eigenvalue weighted by Gasteiger charge is 2.61. The van der Waals surface area contributed by atoms with Crippen LogP contribution in [0, 0.1) is 0 Å². The number of urea groups is 2. The van der Waals surface area contributed by atoms with Crippen LogP contribution in [0.25, 0.3) is 0 Å². The molecule has 11 amide bonds. The summed E-state index contributed by atoms with van der Waals surface area (Å²) < 4.78 is -2.78. The molecule has 0 aliphatic carbocycles. The highest BCUT2D eigenvalue weighted by atomic mass is 32.2.